The maximum Gasteiger partial charge on any atom is 0.256 e. The largest absolute Gasteiger partial charge is 0.496 e. The van der Waals surface area contributed by atoms with Crippen molar-refractivity contribution in [1.82, 2.24) is 0 Å². The predicted molar refractivity (Wildman–Crippen MR) is 67.0 cm³/mol. The van der Waals surface area contributed by atoms with Crippen LogP contribution in [0.3, 0.4) is 0 Å². The van der Waals surface area contributed by atoms with Crippen LogP contribution in [-0.2, 0) is 0 Å². The molecule has 0 radical (unpaired) electrons. The molecule has 0 saturated heterocycles. The molecule has 0 aliphatic rings. The third-order valence-electron chi connectivity index (χ3n) is 2.35. The molecule has 0 amide bonds. The molecule has 0 saturated carbocycles. The summed E-state index contributed by atoms with van der Waals surface area (Å²) in [6, 6.07) is 4.69. The van der Waals surface area contributed by atoms with Crippen molar-refractivity contribution in [3.05, 3.63) is 29.3 Å². The molecule has 0 aromatic heterocycles. The first kappa shape index (κ1) is 13.7. The number of halogens is 1. The Kier molecular flexibility index (Phi) is 3.94. The zero-order valence-corrected chi connectivity index (χ0v) is 11.1. The number of Topliss-reactive ketones (excluding diaryl/α,β-unsaturated/α-hetero) is 1. The molecule has 0 aliphatic heterocycles. The number of hydrogen-bond donors (Lipinski definition) is 0. The van der Waals surface area contributed by atoms with E-state index in [0.717, 1.165) is 0 Å². The number of carbonyl (C=O) groups excluding carboxylic acids is 2. The first-order valence-corrected chi connectivity index (χ1v) is 5.58. The Morgan fingerprint density at radius 1 is 1.24 bits per heavy atom. The molecule has 3 nitrogen and oxygen atoms in total. The molecule has 0 heterocycles. The standard InChI is InChI=1S/C13H15ClO3/c1-13(2,3)11(15)8-5-6-10(17-4)9(7-8)12(14)16/h5-7H,1-4H3. The summed E-state index contributed by atoms with van der Waals surface area (Å²) in [7, 11) is 1.45. The maximum atomic E-state index is 12.0. The topological polar surface area (TPSA) is 43.4 Å². The Morgan fingerprint density at radius 2 is 1.82 bits per heavy atom. The van der Waals surface area contributed by atoms with Crippen LogP contribution in [0.1, 0.15) is 41.5 Å². The fourth-order valence-electron chi connectivity index (χ4n) is 1.44. The van der Waals surface area contributed by atoms with Gasteiger partial charge in [-0.15, -0.1) is 0 Å². The van der Waals surface area contributed by atoms with Crippen LogP contribution < -0.4 is 4.74 Å². The van der Waals surface area contributed by atoms with Crippen molar-refractivity contribution in [3.63, 3.8) is 0 Å². The average Bonchev–Trinajstić information content (AvgIpc) is 2.25. The molecular weight excluding hydrogens is 240 g/mol. The third-order valence-corrected chi connectivity index (χ3v) is 2.56. The van der Waals surface area contributed by atoms with Gasteiger partial charge in [0.05, 0.1) is 12.7 Å². The van der Waals surface area contributed by atoms with Crippen molar-refractivity contribution in [1.29, 1.82) is 0 Å². The van der Waals surface area contributed by atoms with E-state index >= 15 is 0 Å². The van der Waals surface area contributed by atoms with E-state index in [0.29, 0.717) is 11.3 Å². The summed E-state index contributed by atoms with van der Waals surface area (Å²) < 4.78 is 5.01. The summed E-state index contributed by atoms with van der Waals surface area (Å²) in [5.41, 5.74) is 0.174. The summed E-state index contributed by atoms with van der Waals surface area (Å²) in [5, 5.41) is -0.634. The normalized spacial score (nSPS) is 11.1. The van der Waals surface area contributed by atoms with Crippen molar-refractivity contribution in [2.75, 3.05) is 7.11 Å². The lowest BCUT2D eigenvalue weighted by Crippen LogP contribution is -2.20. The van der Waals surface area contributed by atoms with Gasteiger partial charge in [0, 0.05) is 11.0 Å². The van der Waals surface area contributed by atoms with Crippen molar-refractivity contribution in [2.45, 2.75) is 20.8 Å². The molecular formula is C13H15ClO3. The highest BCUT2D eigenvalue weighted by atomic mass is 35.5. The number of methoxy groups -OCH3 is 1. The Bertz CT molecular complexity index is 458. The van der Waals surface area contributed by atoms with Gasteiger partial charge in [0.25, 0.3) is 5.24 Å². The van der Waals surface area contributed by atoms with Gasteiger partial charge in [-0.05, 0) is 29.8 Å². The zero-order valence-electron chi connectivity index (χ0n) is 10.3. The molecule has 0 aliphatic carbocycles. The van der Waals surface area contributed by atoms with Crippen molar-refractivity contribution in [2.24, 2.45) is 5.41 Å². The van der Waals surface area contributed by atoms with Crippen molar-refractivity contribution < 1.29 is 14.3 Å². The summed E-state index contributed by atoms with van der Waals surface area (Å²) >= 11 is 5.45. The molecule has 0 N–H and O–H groups in total. The van der Waals surface area contributed by atoms with Crippen molar-refractivity contribution in [3.8, 4) is 5.75 Å². The van der Waals surface area contributed by atoms with Crippen LogP contribution in [0.5, 0.6) is 5.75 Å². The first-order chi connectivity index (χ1) is 7.77. The molecule has 0 bridgehead atoms. The third kappa shape index (κ3) is 3.07. The number of rotatable bonds is 3. The van der Waals surface area contributed by atoms with Crippen molar-refractivity contribution >= 4 is 22.6 Å². The SMILES string of the molecule is COc1ccc(C(=O)C(C)(C)C)cc1C(=O)Cl. The molecule has 4 heteroatoms. The number of carbonyl (C=O) groups is 2. The minimum absolute atomic E-state index is 0.0423. The summed E-state index contributed by atoms with van der Waals surface area (Å²) in [5.74, 6) is 0.328. The van der Waals surface area contributed by atoms with Gasteiger partial charge in [-0.25, -0.2) is 0 Å². The second-order valence-corrected chi connectivity index (χ2v) is 5.11. The van der Waals surface area contributed by atoms with Gasteiger partial charge in [-0.1, -0.05) is 20.8 Å². The number of ketones is 1. The van der Waals surface area contributed by atoms with Gasteiger partial charge < -0.3 is 4.74 Å². The molecule has 1 aromatic rings. The van der Waals surface area contributed by atoms with Crippen LogP contribution >= 0.6 is 11.6 Å². The van der Waals surface area contributed by atoms with Gasteiger partial charge in [0.1, 0.15) is 5.75 Å². The Balaban J connectivity index is 3.26. The van der Waals surface area contributed by atoms with Crippen LogP contribution in [0.25, 0.3) is 0 Å². The van der Waals surface area contributed by atoms with Gasteiger partial charge in [0.15, 0.2) is 5.78 Å². The zero-order chi connectivity index (χ0) is 13.2. The maximum absolute atomic E-state index is 12.0. The molecule has 0 spiro atoms. The number of benzene rings is 1. The fraction of sp³-hybridized carbons (Fsp3) is 0.385. The fourth-order valence-corrected chi connectivity index (χ4v) is 1.58. The molecule has 17 heavy (non-hydrogen) atoms. The molecule has 1 rings (SSSR count). The molecule has 92 valence electrons. The first-order valence-electron chi connectivity index (χ1n) is 5.20. The molecule has 0 atom stereocenters. The summed E-state index contributed by atoms with van der Waals surface area (Å²) in [6.07, 6.45) is 0. The lowest BCUT2D eigenvalue weighted by atomic mass is 9.86. The highest BCUT2D eigenvalue weighted by Gasteiger charge is 2.24. The highest BCUT2D eigenvalue weighted by Crippen LogP contribution is 2.26. The van der Waals surface area contributed by atoms with Gasteiger partial charge in [0.2, 0.25) is 0 Å². The number of ether oxygens (including phenoxy) is 1. The Labute approximate surface area is 106 Å². The predicted octanol–water partition coefficient (Wildman–Crippen LogP) is 3.30. The quantitative estimate of drug-likeness (QED) is 0.614. The van der Waals surface area contributed by atoms with E-state index in [9.17, 15) is 9.59 Å². The highest BCUT2D eigenvalue weighted by molar-refractivity contribution is 6.68. The van der Waals surface area contributed by atoms with E-state index in [1.54, 1.807) is 12.1 Å². The molecule has 1 aromatic carbocycles. The minimum atomic E-state index is -0.634. The van der Waals surface area contributed by atoms with E-state index < -0.39 is 10.7 Å². The minimum Gasteiger partial charge on any atom is -0.496 e. The van der Waals surface area contributed by atoms with E-state index in [1.165, 1.54) is 13.2 Å². The lowest BCUT2D eigenvalue weighted by molar-refractivity contribution is 0.0858. The second-order valence-electron chi connectivity index (χ2n) is 4.77. The van der Waals surface area contributed by atoms with Gasteiger partial charge in [-0.3, -0.25) is 9.59 Å². The van der Waals surface area contributed by atoms with E-state index in [2.05, 4.69) is 0 Å². The van der Waals surface area contributed by atoms with Crippen LogP contribution in [0.2, 0.25) is 0 Å². The summed E-state index contributed by atoms with van der Waals surface area (Å²) in [6.45, 7) is 5.46. The van der Waals surface area contributed by atoms with Crippen LogP contribution in [0, 0.1) is 5.41 Å². The lowest BCUT2D eigenvalue weighted by Gasteiger charge is -2.17. The molecule has 0 unspecified atom stereocenters. The number of hydrogen-bond acceptors (Lipinski definition) is 3. The second kappa shape index (κ2) is 4.88. The average molecular weight is 255 g/mol. The van der Waals surface area contributed by atoms with Crippen LogP contribution in [0.4, 0.5) is 0 Å². The summed E-state index contributed by atoms with van der Waals surface area (Å²) in [4.78, 5) is 23.3. The van der Waals surface area contributed by atoms with Gasteiger partial charge in [-0.2, -0.15) is 0 Å². The van der Waals surface area contributed by atoms with E-state index in [-0.39, 0.29) is 11.3 Å². The van der Waals surface area contributed by atoms with E-state index in [4.69, 9.17) is 16.3 Å². The monoisotopic (exact) mass is 254 g/mol. The molecule has 0 fully saturated rings. The Hall–Kier alpha value is -1.35. The smallest absolute Gasteiger partial charge is 0.256 e. The Morgan fingerprint density at radius 3 is 2.24 bits per heavy atom. The van der Waals surface area contributed by atoms with Crippen LogP contribution in [-0.4, -0.2) is 18.1 Å². The van der Waals surface area contributed by atoms with E-state index in [1.807, 2.05) is 20.8 Å². The van der Waals surface area contributed by atoms with Gasteiger partial charge >= 0.3 is 0 Å². The van der Waals surface area contributed by atoms with Crippen LogP contribution in [0.15, 0.2) is 18.2 Å².